The van der Waals surface area contributed by atoms with E-state index >= 15 is 0 Å². The zero-order chi connectivity index (χ0) is 10.7. The quantitative estimate of drug-likeness (QED) is 0.929. The summed E-state index contributed by atoms with van der Waals surface area (Å²) in [6, 6.07) is 3.83. The Labute approximate surface area is 95.8 Å². The number of rotatable bonds is 3. The number of aromatic nitrogens is 2. The van der Waals surface area contributed by atoms with E-state index in [0.717, 1.165) is 21.6 Å². The Morgan fingerprint density at radius 2 is 2.40 bits per heavy atom. The van der Waals surface area contributed by atoms with Crippen molar-refractivity contribution in [3.05, 3.63) is 40.3 Å². The largest absolute Gasteiger partial charge is 0.362 e. The highest BCUT2D eigenvalue weighted by molar-refractivity contribution is 9.10. The summed E-state index contributed by atoms with van der Waals surface area (Å²) in [6.45, 7) is 2.59. The molecule has 0 spiro atoms. The van der Waals surface area contributed by atoms with Gasteiger partial charge in [0.15, 0.2) is 5.76 Å². The zero-order valence-electron chi connectivity index (χ0n) is 8.20. The molecule has 0 amide bonds. The minimum Gasteiger partial charge on any atom is -0.362 e. The van der Waals surface area contributed by atoms with Gasteiger partial charge in [-0.1, -0.05) is 5.16 Å². The first-order valence-corrected chi connectivity index (χ1v) is 5.30. The molecule has 0 atom stereocenters. The highest BCUT2D eigenvalue weighted by atomic mass is 79.9. The summed E-state index contributed by atoms with van der Waals surface area (Å²) in [6.07, 6.45) is 3.38. The van der Waals surface area contributed by atoms with Crippen LogP contribution in [0.1, 0.15) is 11.3 Å². The van der Waals surface area contributed by atoms with Gasteiger partial charge in [0.25, 0.3) is 0 Å². The van der Waals surface area contributed by atoms with Crippen molar-refractivity contribution in [1.29, 1.82) is 0 Å². The molecule has 1 N–H and O–H groups in total. The van der Waals surface area contributed by atoms with Crippen molar-refractivity contribution in [2.24, 2.45) is 0 Å². The van der Waals surface area contributed by atoms with Gasteiger partial charge < -0.3 is 9.84 Å². The van der Waals surface area contributed by atoms with Crippen LogP contribution in [0.4, 0.5) is 5.82 Å². The van der Waals surface area contributed by atoms with Gasteiger partial charge in [-0.15, -0.1) is 0 Å². The number of pyridine rings is 1. The molecule has 0 aliphatic heterocycles. The molecular weight excluding hydrogens is 258 g/mol. The third-order valence-corrected chi connectivity index (χ3v) is 2.40. The van der Waals surface area contributed by atoms with Crippen LogP contribution in [-0.2, 0) is 6.54 Å². The van der Waals surface area contributed by atoms with Crippen LogP contribution < -0.4 is 5.32 Å². The van der Waals surface area contributed by atoms with E-state index in [-0.39, 0.29) is 0 Å². The van der Waals surface area contributed by atoms with Crippen LogP contribution in [0.3, 0.4) is 0 Å². The maximum absolute atomic E-state index is 4.97. The van der Waals surface area contributed by atoms with E-state index in [1.54, 1.807) is 12.4 Å². The van der Waals surface area contributed by atoms with E-state index in [2.05, 4.69) is 31.4 Å². The molecule has 15 heavy (non-hydrogen) atoms. The van der Waals surface area contributed by atoms with Gasteiger partial charge >= 0.3 is 0 Å². The molecule has 0 radical (unpaired) electrons. The minimum absolute atomic E-state index is 0.593. The van der Waals surface area contributed by atoms with Gasteiger partial charge in [-0.2, -0.15) is 0 Å². The van der Waals surface area contributed by atoms with E-state index < -0.39 is 0 Å². The summed E-state index contributed by atoms with van der Waals surface area (Å²) in [5.41, 5.74) is 1.09. The molecule has 0 saturated carbocycles. The Hall–Kier alpha value is -1.36. The van der Waals surface area contributed by atoms with Crippen LogP contribution in [0.25, 0.3) is 0 Å². The Bertz CT molecular complexity index is 442. The van der Waals surface area contributed by atoms with E-state index in [0.29, 0.717) is 6.54 Å². The van der Waals surface area contributed by atoms with Crippen molar-refractivity contribution >= 4 is 21.7 Å². The average molecular weight is 268 g/mol. The van der Waals surface area contributed by atoms with Crippen molar-refractivity contribution in [3.8, 4) is 0 Å². The molecule has 0 bridgehead atoms. The number of aryl methyl sites for hydroxylation is 1. The van der Waals surface area contributed by atoms with Crippen molar-refractivity contribution in [2.45, 2.75) is 13.5 Å². The molecule has 0 aliphatic carbocycles. The highest BCUT2D eigenvalue weighted by Crippen LogP contribution is 2.17. The van der Waals surface area contributed by atoms with Crippen LogP contribution in [0.15, 0.2) is 33.5 Å². The highest BCUT2D eigenvalue weighted by Gasteiger charge is 2.01. The molecule has 2 aromatic rings. The van der Waals surface area contributed by atoms with Crippen LogP contribution in [-0.4, -0.2) is 10.1 Å². The Morgan fingerprint density at radius 3 is 3.07 bits per heavy atom. The van der Waals surface area contributed by atoms with Crippen molar-refractivity contribution < 1.29 is 4.52 Å². The van der Waals surface area contributed by atoms with E-state index in [4.69, 9.17) is 4.52 Å². The summed E-state index contributed by atoms with van der Waals surface area (Å²) in [5, 5.41) is 6.80. The normalized spacial score (nSPS) is 10.3. The Balaban J connectivity index is 2.05. The predicted octanol–water partition coefficient (Wildman–Crippen LogP) is 2.75. The summed E-state index contributed by atoms with van der Waals surface area (Å²) in [7, 11) is 0. The van der Waals surface area contributed by atoms with Crippen molar-refractivity contribution in [2.75, 3.05) is 5.32 Å². The Kier molecular flexibility index (Phi) is 3.01. The standard InChI is InChI=1S/C10H10BrN3O/c1-7-4-8(11)5-12-10(7)13-6-9-2-3-14-15-9/h2-5H,6H2,1H3,(H,12,13). The SMILES string of the molecule is Cc1cc(Br)cnc1NCc1ccno1. The lowest BCUT2D eigenvalue weighted by Crippen LogP contribution is -2.02. The molecule has 0 saturated heterocycles. The first-order valence-electron chi connectivity index (χ1n) is 4.51. The van der Waals surface area contributed by atoms with Gasteiger partial charge in [-0.3, -0.25) is 0 Å². The molecule has 0 fully saturated rings. The summed E-state index contributed by atoms with van der Waals surface area (Å²) >= 11 is 3.37. The number of nitrogens with one attached hydrogen (secondary N) is 1. The fraction of sp³-hybridized carbons (Fsp3) is 0.200. The number of hydrogen-bond acceptors (Lipinski definition) is 4. The van der Waals surface area contributed by atoms with Crippen LogP contribution in [0, 0.1) is 6.92 Å². The van der Waals surface area contributed by atoms with Gasteiger partial charge in [-0.25, -0.2) is 4.98 Å². The Morgan fingerprint density at radius 1 is 1.53 bits per heavy atom. The van der Waals surface area contributed by atoms with Gasteiger partial charge in [0, 0.05) is 16.7 Å². The lowest BCUT2D eigenvalue weighted by Gasteiger charge is -2.06. The summed E-state index contributed by atoms with van der Waals surface area (Å²) < 4.78 is 5.95. The maximum Gasteiger partial charge on any atom is 0.155 e. The van der Waals surface area contributed by atoms with Gasteiger partial charge in [0.05, 0.1) is 12.7 Å². The monoisotopic (exact) mass is 267 g/mol. The lowest BCUT2D eigenvalue weighted by molar-refractivity contribution is 0.388. The smallest absolute Gasteiger partial charge is 0.155 e. The number of anilines is 1. The second kappa shape index (κ2) is 4.44. The third-order valence-electron chi connectivity index (χ3n) is 1.97. The molecule has 4 nitrogen and oxygen atoms in total. The predicted molar refractivity (Wildman–Crippen MR) is 60.5 cm³/mol. The van der Waals surface area contributed by atoms with Crippen molar-refractivity contribution in [1.82, 2.24) is 10.1 Å². The molecule has 0 aliphatic rings. The number of nitrogens with zero attached hydrogens (tertiary/aromatic N) is 2. The molecule has 2 rings (SSSR count). The molecular formula is C10H10BrN3O. The fourth-order valence-corrected chi connectivity index (χ4v) is 1.68. The zero-order valence-corrected chi connectivity index (χ0v) is 9.78. The number of hydrogen-bond donors (Lipinski definition) is 1. The lowest BCUT2D eigenvalue weighted by atomic mass is 10.3. The molecule has 78 valence electrons. The van der Waals surface area contributed by atoms with Gasteiger partial charge in [0.2, 0.25) is 0 Å². The van der Waals surface area contributed by atoms with E-state index in [9.17, 15) is 0 Å². The van der Waals surface area contributed by atoms with E-state index in [1.165, 1.54) is 0 Å². The van der Waals surface area contributed by atoms with Crippen molar-refractivity contribution in [3.63, 3.8) is 0 Å². The van der Waals surface area contributed by atoms with E-state index in [1.807, 2.05) is 19.1 Å². The topological polar surface area (TPSA) is 51.0 Å². The minimum atomic E-state index is 0.593. The first-order chi connectivity index (χ1) is 7.25. The maximum atomic E-state index is 4.97. The molecule has 0 unspecified atom stereocenters. The van der Waals surface area contributed by atoms with Gasteiger partial charge in [-0.05, 0) is 34.5 Å². The van der Waals surface area contributed by atoms with Crippen LogP contribution >= 0.6 is 15.9 Å². The first kappa shape index (κ1) is 10.2. The average Bonchev–Trinajstić information content (AvgIpc) is 2.69. The molecule has 5 heteroatoms. The molecule has 0 aromatic carbocycles. The molecule has 2 heterocycles. The summed E-state index contributed by atoms with van der Waals surface area (Å²) in [5.74, 6) is 1.65. The second-order valence-electron chi connectivity index (χ2n) is 3.15. The van der Waals surface area contributed by atoms with Crippen LogP contribution in [0.2, 0.25) is 0 Å². The second-order valence-corrected chi connectivity index (χ2v) is 4.07. The number of halogens is 1. The van der Waals surface area contributed by atoms with Crippen LogP contribution in [0.5, 0.6) is 0 Å². The van der Waals surface area contributed by atoms with Gasteiger partial charge in [0.1, 0.15) is 5.82 Å². The fourth-order valence-electron chi connectivity index (χ4n) is 1.23. The third kappa shape index (κ3) is 2.56. The molecule has 2 aromatic heterocycles. The summed E-state index contributed by atoms with van der Waals surface area (Å²) in [4.78, 5) is 4.26.